The Hall–Kier alpha value is -5.01. The summed E-state index contributed by atoms with van der Waals surface area (Å²) >= 11 is 0. The predicted molar refractivity (Wildman–Crippen MR) is 159 cm³/mol. The van der Waals surface area contributed by atoms with Crippen LogP contribution in [0.4, 0.5) is 0 Å². The molecule has 3 aromatic heterocycles. The van der Waals surface area contributed by atoms with Gasteiger partial charge in [-0.3, -0.25) is 0 Å². The minimum Gasteiger partial charge on any atom is -0.456 e. The first kappa shape index (κ1) is 22.0. The van der Waals surface area contributed by atoms with Gasteiger partial charge in [0.25, 0.3) is 0 Å². The minimum atomic E-state index is 0.238. The van der Waals surface area contributed by atoms with Crippen LogP contribution in [0.25, 0.3) is 55.0 Å². The number of nitrogens with zero attached hydrogens (tertiary/aromatic N) is 2. The summed E-state index contributed by atoms with van der Waals surface area (Å²) in [4.78, 5) is 3.28. The Morgan fingerprint density at radius 2 is 1.77 bits per heavy atom. The fourth-order valence-electron chi connectivity index (χ4n) is 6.50. The summed E-state index contributed by atoms with van der Waals surface area (Å²) in [5, 5.41) is 14.2. The molecule has 2 aliphatic rings. The molecule has 0 radical (unpaired) electrons. The number of hydrogen-bond acceptors (Lipinski definition) is 2. The molecule has 2 aliphatic carbocycles. The SMILES string of the molecule is N#Cc1c[nH]c(C2=CC(C3=C(n4c5ccccc5c5ccc6oc7ccccc7c6c54)CCC=C3)CC=C2)c1. The summed E-state index contributed by atoms with van der Waals surface area (Å²) in [5.74, 6) is 0.238. The van der Waals surface area contributed by atoms with Gasteiger partial charge in [-0.15, -0.1) is 0 Å². The monoisotopic (exact) mass is 503 g/mol. The molecule has 186 valence electrons. The molecule has 1 unspecified atom stereocenters. The molecule has 0 bridgehead atoms. The molecule has 4 nitrogen and oxygen atoms in total. The van der Waals surface area contributed by atoms with Crippen molar-refractivity contribution in [2.75, 3.05) is 0 Å². The number of hydrogen-bond donors (Lipinski definition) is 1. The normalized spacial score (nSPS) is 17.5. The van der Waals surface area contributed by atoms with E-state index in [4.69, 9.17) is 4.42 Å². The fourth-order valence-corrected chi connectivity index (χ4v) is 6.50. The predicted octanol–water partition coefficient (Wildman–Crippen LogP) is 9.11. The largest absolute Gasteiger partial charge is 0.456 e. The topological polar surface area (TPSA) is 57.6 Å². The maximum Gasteiger partial charge on any atom is 0.137 e. The number of fused-ring (bicyclic) bond motifs is 7. The molecule has 1 atom stereocenters. The maximum absolute atomic E-state index is 9.31. The molecule has 4 heteroatoms. The second-order valence-electron chi connectivity index (χ2n) is 10.4. The van der Waals surface area contributed by atoms with Crippen LogP contribution in [0.15, 0.2) is 113 Å². The Labute approximate surface area is 225 Å². The molecule has 39 heavy (non-hydrogen) atoms. The zero-order valence-electron chi connectivity index (χ0n) is 21.3. The smallest absolute Gasteiger partial charge is 0.137 e. The quantitative estimate of drug-likeness (QED) is 0.262. The lowest BCUT2D eigenvalue weighted by Crippen LogP contribution is -2.11. The summed E-state index contributed by atoms with van der Waals surface area (Å²) in [5.41, 5.74) is 9.75. The van der Waals surface area contributed by atoms with Gasteiger partial charge in [-0.25, -0.2) is 0 Å². The Bertz CT molecular complexity index is 2120. The number of furan rings is 1. The zero-order chi connectivity index (χ0) is 25.9. The van der Waals surface area contributed by atoms with Gasteiger partial charge >= 0.3 is 0 Å². The van der Waals surface area contributed by atoms with Crippen LogP contribution in [-0.4, -0.2) is 9.55 Å². The molecule has 0 fully saturated rings. The zero-order valence-corrected chi connectivity index (χ0v) is 21.3. The first-order valence-electron chi connectivity index (χ1n) is 13.5. The van der Waals surface area contributed by atoms with Gasteiger partial charge in [0.15, 0.2) is 0 Å². The highest BCUT2D eigenvalue weighted by Crippen LogP contribution is 2.44. The molecular formula is C35H25N3O. The van der Waals surface area contributed by atoms with Gasteiger partial charge in [0.05, 0.1) is 22.0 Å². The van der Waals surface area contributed by atoms with Crippen molar-refractivity contribution in [1.82, 2.24) is 9.55 Å². The van der Waals surface area contributed by atoms with Crippen molar-refractivity contribution in [2.24, 2.45) is 5.92 Å². The van der Waals surface area contributed by atoms with Crippen LogP contribution >= 0.6 is 0 Å². The van der Waals surface area contributed by atoms with Crippen molar-refractivity contribution in [3.05, 3.63) is 120 Å². The first-order valence-corrected chi connectivity index (χ1v) is 13.5. The number of nitriles is 1. The van der Waals surface area contributed by atoms with Crippen LogP contribution < -0.4 is 0 Å². The second-order valence-corrected chi connectivity index (χ2v) is 10.4. The molecule has 1 N–H and O–H groups in total. The minimum absolute atomic E-state index is 0.238. The molecule has 0 aliphatic heterocycles. The van der Waals surface area contributed by atoms with Crippen LogP contribution in [-0.2, 0) is 0 Å². The fraction of sp³-hybridized carbons (Fsp3) is 0.114. The van der Waals surface area contributed by atoms with Crippen molar-refractivity contribution in [1.29, 1.82) is 5.26 Å². The Morgan fingerprint density at radius 1 is 0.897 bits per heavy atom. The highest BCUT2D eigenvalue weighted by molar-refractivity contribution is 6.24. The lowest BCUT2D eigenvalue weighted by atomic mass is 9.84. The molecule has 6 aromatic rings. The third kappa shape index (κ3) is 3.30. The van der Waals surface area contributed by atoms with Crippen LogP contribution in [0.5, 0.6) is 0 Å². The molecule has 0 saturated heterocycles. The van der Waals surface area contributed by atoms with Gasteiger partial charge in [0.1, 0.15) is 17.2 Å². The molecule has 0 saturated carbocycles. The van der Waals surface area contributed by atoms with E-state index in [2.05, 4.69) is 101 Å². The lowest BCUT2D eigenvalue weighted by Gasteiger charge is -2.26. The van der Waals surface area contributed by atoms with E-state index in [0.717, 1.165) is 47.1 Å². The number of aromatic amines is 1. The van der Waals surface area contributed by atoms with E-state index in [1.807, 2.05) is 12.1 Å². The maximum atomic E-state index is 9.31. The van der Waals surface area contributed by atoms with E-state index in [-0.39, 0.29) is 5.92 Å². The molecular weight excluding hydrogens is 478 g/mol. The summed E-state index contributed by atoms with van der Waals surface area (Å²) < 4.78 is 8.84. The highest BCUT2D eigenvalue weighted by atomic mass is 16.3. The Morgan fingerprint density at radius 3 is 2.67 bits per heavy atom. The molecule has 8 rings (SSSR count). The van der Waals surface area contributed by atoms with Crippen molar-refractivity contribution in [2.45, 2.75) is 19.3 Å². The summed E-state index contributed by atoms with van der Waals surface area (Å²) in [6.07, 6.45) is 16.1. The van der Waals surface area contributed by atoms with E-state index < -0.39 is 0 Å². The van der Waals surface area contributed by atoms with E-state index >= 15 is 0 Å². The van der Waals surface area contributed by atoms with Gasteiger partial charge in [0, 0.05) is 39.7 Å². The number of aromatic nitrogens is 2. The average molecular weight is 504 g/mol. The van der Waals surface area contributed by atoms with Crippen molar-refractivity contribution in [3.8, 4) is 6.07 Å². The number of nitrogens with one attached hydrogen (secondary N) is 1. The summed E-state index contributed by atoms with van der Waals surface area (Å²) in [7, 11) is 0. The van der Waals surface area contributed by atoms with Crippen LogP contribution in [0.2, 0.25) is 0 Å². The standard InChI is InChI=1S/C35H25N3O/c36-20-22-18-29(37-21-22)24-9-7-8-23(19-24)25-10-1-4-13-30(25)38-31-14-5-2-11-26(31)27-16-17-33-34(35(27)38)28-12-3-6-15-32(28)39-33/h1-3,5-7,9-12,14-19,21,23,37H,4,8,13H2. The summed E-state index contributed by atoms with van der Waals surface area (Å²) in [6.45, 7) is 0. The van der Waals surface area contributed by atoms with E-state index in [0.29, 0.717) is 5.56 Å². The van der Waals surface area contributed by atoms with Crippen LogP contribution in [0, 0.1) is 17.2 Å². The number of allylic oxidation sites excluding steroid dienone is 8. The lowest BCUT2D eigenvalue weighted by molar-refractivity contribution is 0.669. The molecule has 3 heterocycles. The van der Waals surface area contributed by atoms with Gasteiger partial charge in [-0.1, -0.05) is 66.8 Å². The number of benzene rings is 3. The van der Waals surface area contributed by atoms with E-state index in [1.165, 1.54) is 38.5 Å². The Balaban J connectivity index is 1.42. The molecule has 3 aromatic carbocycles. The highest BCUT2D eigenvalue weighted by Gasteiger charge is 2.25. The number of H-pyrrole nitrogens is 1. The second kappa shape index (κ2) is 8.51. The van der Waals surface area contributed by atoms with Crippen LogP contribution in [0.3, 0.4) is 0 Å². The van der Waals surface area contributed by atoms with Crippen molar-refractivity contribution >= 4 is 55.0 Å². The number of rotatable bonds is 3. The number of para-hydroxylation sites is 2. The van der Waals surface area contributed by atoms with Crippen molar-refractivity contribution in [3.63, 3.8) is 0 Å². The molecule has 0 amide bonds. The van der Waals surface area contributed by atoms with Crippen molar-refractivity contribution < 1.29 is 4.42 Å². The van der Waals surface area contributed by atoms with Gasteiger partial charge in [-0.05, 0) is 60.7 Å². The summed E-state index contributed by atoms with van der Waals surface area (Å²) in [6, 6.07) is 25.6. The first-order chi connectivity index (χ1) is 19.3. The Kier molecular flexibility index (Phi) is 4.80. The van der Waals surface area contributed by atoms with Crippen LogP contribution in [0.1, 0.15) is 30.5 Å². The van der Waals surface area contributed by atoms with E-state index in [9.17, 15) is 5.26 Å². The third-order valence-corrected chi connectivity index (χ3v) is 8.21. The van der Waals surface area contributed by atoms with Gasteiger partial charge < -0.3 is 14.0 Å². The van der Waals surface area contributed by atoms with Gasteiger partial charge in [0.2, 0.25) is 0 Å². The average Bonchev–Trinajstić information content (AvgIpc) is 3.71. The molecule has 0 spiro atoms. The van der Waals surface area contributed by atoms with E-state index in [1.54, 1.807) is 6.20 Å². The van der Waals surface area contributed by atoms with Gasteiger partial charge in [-0.2, -0.15) is 5.26 Å². The third-order valence-electron chi connectivity index (χ3n) is 8.21.